The number of benzene rings is 1. The average molecular weight is 194 g/mol. The number of carbonyl (C=O) groups excluding carboxylic acids is 2. The topological polar surface area (TPSA) is 34.1 Å². The molecule has 0 unspecified atom stereocenters. The van der Waals surface area contributed by atoms with Crippen LogP contribution in [0.2, 0.25) is 0 Å². The molecule has 1 aromatic rings. The monoisotopic (exact) mass is 194 g/mol. The normalized spacial score (nSPS) is 7.64. The molecule has 1 rings (SSSR count). The molecule has 1 aromatic carbocycles. The van der Waals surface area contributed by atoms with Gasteiger partial charge in [-0.3, -0.25) is 4.79 Å². The molecule has 0 spiro atoms. The van der Waals surface area contributed by atoms with Gasteiger partial charge in [0.15, 0.2) is 5.78 Å². The molecule has 2 heteroatoms. The Morgan fingerprint density at radius 3 is 1.50 bits per heavy atom. The lowest BCUT2D eigenvalue weighted by Gasteiger charge is -1.89. The molecular weight excluding hydrogens is 176 g/mol. The summed E-state index contributed by atoms with van der Waals surface area (Å²) >= 11 is 0. The van der Waals surface area contributed by atoms with E-state index in [1.165, 1.54) is 13.8 Å². The summed E-state index contributed by atoms with van der Waals surface area (Å²) in [5.74, 6) is 0.288. The van der Waals surface area contributed by atoms with E-state index in [0.29, 0.717) is 0 Å². The second-order valence-corrected chi connectivity index (χ2v) is 2.83. The summed E-state index contributed by atoms with van der Waals surface area (Å²) in [6.07, 6.45) is 0. The zero-order valence-electron chi connectivity index (χ0n) is 8.20. The maximum Gasteiger partial charge on any atom is 0.159 e. The molecule has 14 heavy (non-hydrogen) atoms. The highest BCUT2D eigenvalue weighted by Crippen LogP contribution is 1.97. The molecule has 0 atom stereocenters. The zero-order valence-corrected chi connectivity index (χ0v) is 8.20. The van der Waals surface area contributed by atoms with Crippen molar-refractivity contribution in [2.24, 2.45) is 0 Å². The number of Topliss-reactive ketones (excluding diaryl/α,β-unsaturated/α-hetero) is 2. The quantitative estimate of drug-likeness (QED) is 0.644. The molecule has 0 saturated heterocycles. The van der Waals surface area contributed by atoms with Crippen LogP contribution in [0.25, 0.3) is 0 Å². The summed E-state index contributed by atoms with van der Waals surface area (Å²) in [6.45, 7) is 4.62. The Hall–Kier alpha value is -1.44. The summed E-state index contributed by atoms with van der Waals surface area (Å²) in [5, 5.41) is 0. The lowest BCUT2D eigenvalue weighted by molar-refractivity contribution is -0.114. The van der Waals surface area contributed by atoms with Crippen LogP contribution in [0.5, 0.6) is 0 Å². The molecule has 78 valence electrons. The lowest BCUT2D eigenvalue weighted by atomic mass is 10.2. The summed E-state index contributed by atoms with van der Waals surface area (Å²) in [5.41, 5.74) is 0.775. The third-order valence-electron chi connectivity index (χ3n) is 1.18. The van der Waals surface area contributed by atoms with Crippen molar-refractivity contribution in [3.63, 3.8) is 0 Å². The molecule has 0 bridgehead atoms. The second-order valence-electron chi connectivity index (χ2n) is 2.83. The van der Waals surface area contributed by atoms with E-state index in [4.69, 9.17) is 0 Å². The van der Waals surface area contributed by atoms with Crippen molar-refractivity contribution in [1.82, 2.24) is 0 Å². The van der Waals surface area contributed by atoms with E-state index in [9.17, 15) is 9.59 Å². The van der Waals surface area contributed by atoms with Crippen molar-refractivity contribution in [1.29, 1.82) is 0 Å². The number of hydrogen-bond acceptors (Lipinski definition) is 2. The van der Waals surface area contributed by atoms with Gasteiger partial charge in [-0.2, -0.15) is 0 Å². The van der Waals surface area contributed by atoms with Crippen LogP contribution in [0.1, 0.15) is 38.6 Å². The lowest BCUT2D eigenvalue weighted by Crippen LogP contribution is -1.88. The third-order valence-corrected chi connectivity index (χ3v) is 1.18. The molecule has 0 heterocycles. The van der Waals surface area contributed by atoms with Crippen LogP contribution in [-0.4, -0.2) is 11.6 Å². The Morgan fingerprint density at radius 1 is 0.929 bits per heavy atom. The van der Waals surface area contributed by atoms with Gasteiger partial charge in [0.1, 0.15) is 5.78 Å². The van der Waals surface area contributed by atoms with Crippen LogP contribution in [-0.2, 0) is 4.79 Å². The Balaban J connectivity index is 0. The van der Waals surface area contributed by atoms with E-state index in [1.54, 1.807) is 6.92 Å². The fraction of sp³-hybridized carbons (Fsp3) is 0.333. The average Bonchev–Trinajstić information content (AvgIpc) is 2.05. The van der Waals surface area contributed by atoms with E-state index >= 15 is 0 Å². The first-order chi connectivity index (χ1) is 6.04. The molecule has 0 aromatic heterocycles. The van der Waals surface area contributed by atoms with Gasteiger partial charge in [-0.15, -0.1) is 0 Å². The summed E-state index contributed by atoms with van der Waals surface area (Å²) < 4.78 is 0. The first-order valence-electron chi connectivity index (χ1n) is 4.07. The molecule has 0 aliphatic heterocycles. The molecule has 0 aliphatic rings. The molecule has 2 nitrogen and oxygen atoms in total. The van der Waals surface area contributed by atoms with Crippen LogP contribution in [0.15, 0.2) is 30.3 Å². The van der Waals surface area contributed by atoms with Gasteiger partial charge in [0.2, 0.25) is 0 Å². The number of hydrogen-bond donors (Lipinski definition) is 0. The first kappa shape index (κ1) is 15.1. The standard InChI is InChI=1S/C8H8O.C3H6O.CH4/c1-7(9)8-5-3-2-4-6-8;1-3(2)4;/h2-6H,1H3;1-2H3;1H4. The summed E-state index contributed by atoms with van der Waals surface area (Å²) in [4.78, 5) is 20.1. The fourth-order valence-electron chi connectivity index (χ4n) is 0.673. The SMILES string of the molecule is C.CC(=O)c1ccccc1.CC(C)=O. The van der Waals surface area contributed by atoms with E-state index in [0.717, 1.165) is 5.56 Å². The Bertz CT molecular complexity index is 272. The minimum absolute atomic E-state index is 0. The maximum absolute atomic E-state index is 10.6. The smallest absolute Gasteiger partial charge is 0.159 e. The van der Waals surface area contributed by atoms with Gasteiger partial charge in [0.25, 0.3) is 0 Å². The molecule has 0 N–H and O–H groups in total. The molecule has 0 radical (unpaired) electrons. The van der Waals surface area contributed by atoms with Gasteiger partial charge in [0, 0.05) is 5.56 Å². The Kier molecular flexibility index (Phi) is 8.79. The van der Waals surface area contributed by atoms with E-state index in [-0.39, 0.29) is 19.0 Å². The Labute approximate surface area is 86.0 Å². The minimum atomic E-state index is 0. The number of carbonyl (C=O) groups is 2. The van der Waals surface area contributed by atoms with Gasteiger partial charge in [-0.1, -0.05) is 37.8 Å². The maximum atomic E-state index is 10.6. The van der Waals surface area contributed by atoms with E-state index in [1.807, 2.05) is 30.3 Å². The summed E-state index contributed by atoms with van der Waals surface area (Å²) in [7, 11) is 0. The van der Waals surface area contributed by atoms with Crippen molar-refractivity contribution in [3.8, 4) is 0 Å². The van der Waals surface area contributed by atoms with Crippen LogP contribution in [0.3, 0.4) is 0 Å². The highest BCUT2D eigenvalue weighted by Gasteiger charge is 1.92. The van der Waals surface area contributed by atoms with Crippen LogP contribution >= 0.6 is 0 Å². The second kappa shape index (κ2) is 8.17. The van der Waals surface area contributed by atoms with E-state index < -0.39 is 0 Å². The third kappa shape index (κ3) is 8.65. The molecular formula is C12H18O2. The predicted octanol–water partition coefficient (Wildman–Crippen LogP) is 3.12. The van der Waals surface area contributed by atoms with Gasteiger partial charge in [-0.05, 0) is 20.8 Å². The van der Waals surface area contributed by atoms with Gasteiger partial charge >= 0.3 is 0 Å². The van der Waals surface area contributed by atoms with Crippen molar-refractivity contribution in [3.05, 3.63) is 35.9 Å². The zero-order chi connectivity index (χ0) is 10.3. The highest BCUT2D eigenvalue weighted by atomic mass is 16.1. The number of ketones is 2. The van der Waals surface area contributed by atoms with Crippen molar-refractivity contribution in [2.75, 3.05) is 0 Å². The fourth-order valence-corrected chi connectivity index (χ4v) is 0.673. The first-order valence-corrected chi connectivity index (χ1v) is 4.07. The van der Waals surface area contributed by atoms with Crippen molar-refractivity contribution < 1.29 is 9.59 Å². The van der Waals surface area contributed by atoms with Crippen molar-refractivity contribution >= 4 is 11.6 Å². The van der Waals surface area contributed by atoms with Gasteiger partial charge in [-0.25, -0.2) is 0 Å². The highest BCUT2D eigenvalue weighted by molar-refractivity contribution is 5.93. The molecule has 0 amide bonds. The summed E-state index contributed by atoms with van der Waals surface area (Å²) in [6, 6.07) is 9.23. The minimum Gasteiger partial charge on any atom is -0.300 e. The largest absolute Gasteiger partial charge is 0.300 e. The Morgan fingerprint density at radius 2 is 1.29 bits per heavy atom. The predicted molar refractivity (Wildman–Crippen MR) is 59.5 cm³/mol. The van der Waals surface area contributed by atoms with Crippen molar-refractivity contribution in [2.45, 2.75) is 28.2 Å². The molecule has 0 fully saturated rings. The van der Waals surface area contributed by atoms with Crippen LogP contribution in [0, 0.1) is 0 Å². The van der Waals surface area contributed by atoms with Gasteiger partial charge in [0.05, 0.1) is 0 Å². The number of rotatable bonds is 1. The van der Waals surface area contributed by atoms with Crippen LogP contribution < -0.4 is 0 Å². The molecule has 0 aliphatic carbocycles. The van der Waals surface area contributed by atoms with E-state index in [2.05, 4.69) is 0 Å². The molecule has 0 saturated carbocycles. The van der Waals surface area contributed by atoms with Gasteiger partial charge < -0.3 is 4.79 Å². The van der Waals surface area contributed by atoms with Crippen LogP contribution in [0.4, 0.5) is 0 Å².